The van der Waals surface area contributed by atoms with Crippen LogP contribution in [0.5, 0.6) is 0 Å². The predicted molar refractivity (Wildman–Crippen MR) is 141 cm³/mol. The lowest BCUT2D eigenvalue weighted by atomic mass is 10.1. The van der Waals surface area contributed by atoms with E-state index < -0.39 is 71.6 Å². The van der Waals surface area contributed by atoms with E-state index in [-0.39, 0.29) is 35.8 Å². The molecule has 2 saturated heterocycles. The summed E-state index contributed by atoms with van der Waals surface area (Å²) in [6.07, 6.45) is -8.11. The number of hydrogen-bond acceptors (Lipinski definition) is 15. The van der Waals surface area contributed by atoms with Crippen molar-refractivity contribution in [2.45, 2.75) is 56.0 Å². The van der Waals surface area contributed by atoms with Crippen LogP contribution in [-0.2, 0) is 9.47 Å². The van der Waals surface area contributed by atoms with Gasteiger partial charge in [-0.05, 0) is 18.5 Å². The van der Waals surface area contributed by atoms with E-state index >= 15 is 0 Å². The maximum Gasteiger partial charge on any atom is 0.330 e. The Morgan fingerprint density at radius 1 is 0.833 bits per heavy atom. The molecule has 2 fully saturated rings. The molecule has 19 nitrogen and oxygen atoms in total. The number of halogens is 1. The number of aryl methyl sites for hydroxylation is 1. The van der Waals surface area contributed by atoms with Crippen LogP contribution in [0.15, 0.2) is 37.6 Å². The monoisotopic (exact) mass is 611 g/mol. The second-order valence-electron chi connectivity index (χ2n) is 9.60. The summed E-state index contributed by atoms with van der Waals surface area (Å²) in [6.45, 7) is 1.19. The molecule has 42 heavy (non-hydrogen) atoms. The predicted octanol–water partition coefficient (Wildman–Crippen LogP) is -4.00. The van der Waals surface area contributed by atoms with Crippen LogP contribution in [0.3, 0.4) is 0 Å². The fourth-order valence-electron chi connectivity index (χ4n) is 4.55. The van der Waals surface area contributed by atoms with E-state index in [4.69, 9.17) is 21.1 Å². The van der Waals surface area contributed by atoms with Crippen molar-refractivity contribution in [2.75, 3.05) is 23.7 Å². The largest absolute Gasteiger partial charge is 0.387 e. The first-order valence-corrected chi connectivity index (χ1v) is 12.9. The average Bonchev–Trinajstić information content (AvgIpc) is 3.38. The van der Waals surface area contributed by atoms with E-state index in [1.807, 2.05) is 4.98 Å². The first-order valence-electron chi connectivity index (χ1n) is 12.5. The third-order valence-corrected chi connectivity index (χ3v) is 6.92. The lowest BCUT2D eigenvalue weighted by Gasteiger charge is -2.18. The molecular weight excluding hydrogens is 586 g/mol. The molecule has 0 unspecified atom stereocenters. The smallest absolute Gasteiger partial charge is 0.330 e. The van der Waals surface area contributed by atoms with Gasteiger partial charge in [-0.3, -0.25) is 28.7 Å². The molecule has 5 rings (SSSR count). The molecule has 3 aromatic heterocycles. The van der Waals surface area contributed by atoms with E-state index in [1.54, 1.807) is 0 Å². The molecule has 2 aliphatic heterocycles. The molecule has 0 amide bonds. The molecule has 0 aromatic carbocycles. The maximum absolute atomic E-state index is 12.2. The van der Waals surface area contributed by atoms with E-state index in [0.717, 1.165) is 21.4 Å². The summed E-state index contributed by atoms with van der Waals surface area (Å²) in [5.74, 6) is -0.123. The Labute approximate surface area is 238 Å². The SMILES string of the molecule is Cc1cn([C@@H]2O[C@H](CNc3nc(Cl)nc(NC[C@H]4O[C@@H](n5ccc(=O)[nH]c5=O)[C@H](O)[C@@H]4O)n3)[C@@H](O)[C@H]2O)c(=O)[nH]c1=O. The minimum absolute atomic E-state index is 0.0612. The number of ether oxygens (including phenoxy) is 2. The number of anilines is 2. The summed E-state index contributed by atoms with van der Waals surface area (Å²) in [6, 6.07) is 1.07. The Kier molecular flexibility index (Phi) is 8.23. The van der Waals surface area contributed by atoms with Gasteiger partial charge in [-0.1, -0.05) is 0 Å². The van der Waals surface area contributed by atoms with E-state index in [0.29, 0.717) is 0 Å². The second-order valence-corrected chi connectivity index (χ2v) is 9.94. The zero-order valence-electron chi connectivity index (χ0n) is 21.6. The molecule has 0 aliphatic carbocycles. The van der Waals surface area contributed by atoms with Gasteiger partial charge in [-0.2, -0.15) is 15.0 Å². The Morgan fingerprint density at radius 3 is 1.90 bits per heavy atom. The van der Waals surface area contributed by atoms with Crippen LogP contribution in [-0.4, -0.2) is 104 Å². The van der Waals surface area contributed by atoms with Gasteiger partial charge >= 0.3 is 11.4 Å². The van der Waals surface area contributed by atoms with Crippen LogP contribution in [0.1, 0.15) is 18.0 Å². The minimum atomic E-state index is -1.50. The Balaban J connectivity index is 1.22. The third-order valence-electron chi connectivity index (χ3n) is 6.75. The quantitative estimate of drug-likeness (QED) is 0.120. The standard InChI is InChI=1S/C22H26ClN9O10/c1-7-6-32(22(40)27-15(7)38)17-14(37)12(35)9(42-17)5-25-20-29-18(23)28-19(30-20)24-4-8-11(34)13(36)16(41-8)31-3-2-10(33)26-21(31)39/h2-3,6,8-9,11-14,16-17,34-37H,4-5H2,1H3,(H,26,33,39)(H,27,38,40)(H2,24,25,28,29,30)/t8-,9-,11-,12-,13-,14-,16-,17-/m1/s1. The van der Waals surface area contributed by atoms with Gasteiger partial charge in [0.25, 0.3) is 11.1 Å². The maximum atomic E-state index is 12.2. The first kappa shape index (κ1) is 29.5. The molecule has 0 saturated carbocycles. The molecule has 0 spiro atoms. The zero-order valence-corrected chi connectivity index (χ0v) is 22.4. The summed E-state index contributed by atoms with van der Waals surface area (Å²) in [5.41, 5.74) is -2.68. The number of aliphatic hydroxyl groups excluding tert-OH is 4. The van der Waals surface area contributed by atoms with Gasteiger partial charge in [0.1, 0.15) is 36.6 Å². The summed E-state index contributed by atoms with van der Waals surface area (Å²) in [7, 11) is 0. The van der Waals surface area contributed by atoms with Crippen molar-refractivity contribution >= 4 is 23.5 Å². The number of aromatic nitrogens is 7. The molecule has 3 aromatic rings. The number of aromatic amines is 2. The van der Waals surface area contributed by atoms with Gasteiger partial charge in [-0.25, -0.2) is 9.59 Å². The molecule has 0 radical (unpaired) electrons. The number of nitrogens with zero attached hydrogens (tertiary/aromatic N) is 5. The normalized spacial score (nSPS) is 29.1. The van der Waals surface area contributed by atoms with Crippen molar-refractivity contribution in [1.82, 2.24) is 34.1 Å². The van der Waals surface area contributed by atoms with Crippen molar-refractivity contribution in [2.24, 2.45) is 0 Å². The number of H-pyrrole nitrogens is 2. The lowest BCUT2D eigenvalue weighted by Crippen LogP contribution is -2.38. The Morgan fingerprint density at radius 2 is 1.36 bits per heavy atom. The minimum Gasteiger partial charge on any atom is -0.387 e. The van der Waals surface area contributed by atoms with Crippen LogP contribution in [0.4, 0.5) is 11.9 Å². The summed E-state index contributed by atoms with van der Waals surface area (Å²) >= 11 is 6.01. The van der Waals surface area contributed by atoms with Gasteiger partial charge in [0.2, 0.25) is 17.2 Å². The van der Waals surface area contributed by atoms with Gasteiger partial charge in [0.15, 0.2) is 12.5 Å². The van der Waals surface area contributed by atoms with Gasteiger partial charge in [0, 0.05) is 37.1 Å². The van der Waals surface area contributed by atoms with Crippen LogP contribution in [0.2, 0.25) is 5.28 Å². The van der Waals surface area contributed by atoms with Crippen LogP contribution < -0.4 is 33.1 Å². The molecule has 226 valence electrons. The molecule has 5 heterocycles. The Bertz CT molecular complexity index is 1690. The van der Waals surface area contributed by atoms with Crippen molar-refractivity contribution < 1.29 is 29.9 Å². The molecule has 20 heteroatoms. The third kappa shape index (κ3) is 5.83. The Hall–Kier alpha value is -3.98. The highest BCUT2D eigenvalue weighted by Gasteiger charge is 2.45. The van der Waals surface area contributed by atoms with Crippen molar-refractivity contribution in [3.8, 4) is 0 Å². The number of hydrogen-bond donors (Lipinski definition) is 8. The van der Waals surface area contributed by atoms with Crippen LogP contribution in [0, 0.1) is 6.92 Å². The summed E-state index contributed by atoms with van der Waals surface area (Å²) < 4.78 is 13.2. The number of nitrogens with one attached hydrogen (secondary N) is 4. The zero-order chi connectivity index (χ0) is 30.3. The highest BCUT2D eigenvalue weighted by atomic mass is 35.5. The summed E-state index contributed by atoms with van der Waals surface area (Å²) in [5, 5.41) is 47.1. The number of aliphatic hydroxyl groups is 4. The fraction of sp³-hybridized carbons (Fsp3) is 0.500. The van der Waals surface area contributed by atoms with Gasteiger partial charge < -0.3 is 40.5 Å². The first-order chi connectivity index (χ1) is 19.9. The highest BCUT2D eigenvalue weighted by molar-refractivity contribution is 6.28. The topological polar surface area (TPSA) is 272 Å². The molecular formula is C22H26ClN9O10. The molecule has 0 bridgehead atoms. The van der Waals surface area contributed by atoms with E-state index in [1.165, 1.54) is 13.1 Å². The fourth-order valence-corrected chi connectivity index (χ4v) is 4.71. The van der Waals surface area contributed by atoms with Crippen LogP contribution >= 0.6 is 11.6 Å². The van der Waals surface area contributed by atoms with Crippen LogP contribution in [0.25, 0.3) is 0 Å². The summed E-state index contributed by atoms with van der Waals surface area (Å²) in [4.78, 5) is 63.4. The average molecular weight is 612 g/mol. The number of rotatable bonds is 8. The molecule has 2 aliphatic rings. The van der Waals surface area contributed by atoms with Crippen molar-refractivity contribution in [3.63, 3.8) is 0 Å². The van der Waals surface area contributed by atoms with E-state index in [2.05, 4.69) is 30.6 Å². The molecule has 8 atom stereocenters. The molecule has 8 N–H and O–H groups in total. The van der Waals surface area contributed by atoms with Crippen molar-refractivity contribution in [3.05, 3.63) is 71.0 Å². The second kappa shape index (κ2) is 11.7. The highest BCUT2D eigenvalue weighted by Crippen LogP contribution is 2.29. The van der Waals surface area contributed by atoms with E-state index in [9.17, 15) is 39.6 Å². The van der Waals surface area contributed by atoms with Gasteiger partial charge in [-0.15, -0.1) is 0 Å². The van der Waals surface area contributed by atoms with Crippen molar-refractivity contribution in [1.29, 1.82) is 0 Å². The lowest BCUT2D eigenvalue weighted by molar-refractivity contribution is -0.0364. The van der Waals surface area contributed by atoms with Gasteiger partial charge in [0.05, 0.1) is 0 Å².